The van der Waals surface area contributed by atoms with Gasteiger partial charge in [-0.1, -0.05) is 0 Å². The van der Waals surface area contributed by atoms with Crippen molar-refractivity contribution >= 4 is 5.69 Å². The first-order valence-corrected chi connectivity index (χ1v) is 3.99. The summed E-state index contributed by atoms with van der Waals surface area (Å²) in [5.41, 5.74) is 6.05. The van der Waals surface area contributed by atoms with Gasteiger partial charge in [0, 0.05) is 5.69 Å². The van der Waals surface area contributed by atoms with Crippen LogP contribution < -0.4 is 5.73 Å². The highest BCUT2D eigenvalue weighted by atomic mass is 19.3. The number of nitrogen functional groups attached to an aromatic ring is 1. The number of rotatable bonds is 4. The molecule has 0 bridgehead atoms. The summed E-state index contributed by atoms with van der Waals surface area (Å²) < 4.78 is 40.7. The molecule has 0 radical (unpaired) electrons. The molecule has 0 amide bonds. The standard InChI is InChI=1S/C9H10F3NO/c10-7-1-6(2-8(13)3-7)4-14-5-9(11)12/h1-3,9H,4-5,13H2. The van der Waals surface area contributed by atoms with Gasteiger partial charge in [0.25, 0.3) is 6.43 Å². The highest BCUT2D eigenvalue weighted by Crippen LogP contribution is 2.11. The second-order valence-corrected chi connectivity index (χ2v) is 2.80. The minimum atomic E-state index is -2.51. The van der Waals surface area contributed by atoms with E-state index in [9.17, 15) is 13.2 Å². The van der Waals surface area contributed by atoms with Crippen LogP contribution in [0.1, 0.15) is 5.56 Å². The molecule has 0 atom stereocenters. The summed E-state index contributed by atoms with van der Waals surface area (Å²) in [6.07, 6.45) is -2.51. The fraction of sp³-hybridized carbons (Fsp3) is 0.333. The number of benzene rings is 1. The predicted octanol–water partition coefficient (Wildman–Crippen LogP) is 2.19. The molecule has 0 saturated heterocycles. The summed E-state index contributed by atoms with van der Waals surface area (Å²) in [7, 11) is 0. The monoisotopic (exact) mass is 205 g/mol. The predicted molar refractivity (Wildman–Crippen MR) is 46.5 cm³/mol. The van der Waals surface area contributed by atoms with Crippen LogP contribution in [0.25, 0.3) is 0 Å². The van der Waals surface area contributed by atoms with E-state index in [-0.39, 0.29) is 12.3 Å². The van der Waals surface area contributed by atoms with Crippen molar-refractivity contribution in [2.75, 3.05) is 12.3 Å². The van der Waals surface area contributed by atoms with Crippen molar-refractivity contribution < 1.29 is 17.9 Å². The van der Waals surface area contributed by atoms with E-state index in [2.05, 4.69) is 4.74 Å². The number of alkyl halides is 2. The van der Waals surface area contributed by atoms with Crippen LogP contribution >= 0.6 is 0 Å². The van der Waals surface area contributed by atoms with Gasteiger partial charge in [0.2, 0.25) is 0 Å². The molecule has 0 saturated carbocycles. The molecule has 0 fully saturated rings. The Morgan fingerprint density at radius 1 is 1.29 bits per heavy atom. The van der Waals surface area contributed by atoms with Gasteiger partial charge in [-0.2, -0.15) is 0 Å². The SMILES string of the molecule is Nc1cc(F)cc(COCC(F)F)c1. The highest BCUT2D eigenvalue weighted by molar-refractivity contribution is 5.41. The molecule has 2 nitrogen and oxygen atoms in total. The number of anilines is 1. The lowest BCUT2D eigenvalue weighted by molar-refractivity contribution is 0.00984. The van der Waals surface area contributed by atoms with E-state index < -0.39 is 18.8 Å². The van der Waals surface area contributed by atoms with Gasteiger partial charge in [0.15, 0.2) is 0 Å². The molecule has 1 aromatic carbocycles. The number of halogens is 3. The molecule has 5 heteroatoms. The number of ether oxygens (including phenoxy) is 1. The fourth-order valence-electron chi connectivity index (χ4n) is 1.02. The van der Waals surface area contributed by atoms with E-state index in [4.69, 9.17) is 5.73 Å². The maximum atomic E-state index is 12.7. The van der Waals surface area contributed by atoms with Gasteiger partial charge in [0.1, 0.15) is 12.4 Å². The zero-order valence-corrected chi connectivity index (χ0v) is 7.34. The Morgan fingerprint density at radius 2 is 2.00 bits per heavy atom. The first-order valence-electron chi connectivity index (χ1n) is 3.99. The van der Waals surface area contributed by atoms with E-state index in [1.165, 1.54) is 12.1 Å². The van der Waals surface area contributed by atoms with Gasteiger partial charge in [-0.05, 0) is 23.8 Å². The van der Waals surface area contributed by atoms with Gasteiger partial charge < -0.3 is 10.5 Å². The van der Waals surface area contributed by atoms with Gasteiger partial charge in [-0.3, -0.25) is 0 Å². The molecular formula is C9H10F3NO. The van der Waals surface area contributed by atoms with Crippen LogP contribution in [-0.4, -0.2) is 13.0 Å². The molecule has 0 aliphatic rings. The lowest BCUT2D eigenvalue weighted by Crippen LogP contribution is -2.04. The molecule has 14 heavy (non-hydrogen) atoms. The number of hydrogen-bond donors (Lipinski definition) is 1. The summed E-state index contributed by atoms with van der Waals surface area (Å²) in [5, 5.41) is 0. The molecule has 0 aliphatic carbocycles. The summed E-state index contributed by atoms with van der Waals surface area (Å²) in [5.74, 6) is -0.499. The van der Waals surface area contributed by atoms with Gasteiger partial charge in [0.05, 0.1) is 6.61 Å². The molecule has 1 rings (SSSR count). The van der Waals surface area contributed by atoms with Crippen LogP contribution in [0.5, 0.6) is 0 Å². The van der Waals surface area contributed by atoms with Crippen LogP contribution in [0.15, 0.2) is 18.2 Å². The molecule has 0 aromatic heterocycles. The van der Waals surface area contributed by atoms with Crippen molar-refractivity contribution in [2.24, 2.45) is 0 Å². The van der Waals surface area contributed by atoms with Crippen LogP contribution in [0.2, 0.25) is 0 Å². The fourth-order valence-corrected chi connectivity index (χ4v) is 1.02. The van der Waals surface area contributed by atoms with Gasteiger partial charge >= 0.3 is 0 Å². The van der Waals surface area contributed by atoms with Gasteiger partial charge in [-0.25, -0.2) is 13.2 Å². The molecule has 0 heterocycles. The smallest absolute Gasteiger partial charge is 0.261 e. The first-order chi connectivity index (χ1) is 6.58. The lowest BCUT2D eigenvalue weighted by atomic mass is 10.2. The van der Waals surface area contributed by atoms with Crippen LogP contribution in [0.4, 0.5) is 18.9 Å². The molecule has 1 aromatic rings. The van der Waals surface area contributed by atoms with Crippen LogP contribution in [0.3, 0.4) is 0 Å². The largest absolute Gasteiger partial charge is 0.399 e. The zero-order valence-electron chi connectivity index (χ0n) is 7.34. The quantitative estimate of drug-likeness (QED) is 0.764. The maximum absolute atomic E-state index is 12.7. The number of nitrogens with two attached hydrogens (primary N) is 1. The van der Waals surface area contributed by atoms with E-state index in [0.717, 1.165) is 6.07 Å². The van der Waals surface area contributed by atoms with Crippen LogP contribution in [0, 0.1) is 5.82 Å². The number of hydrogen-bond acceptors (Lipinski definition) is 2. The van der Waals surface area contributed by atoms with Crippen molar-refractivity contribution in [3.05, 3.63) is 29.6 Å². The normalized spacial score (nSPS) is 10.9. The molecule has 0 aliphatic heterocycles. The van der Waals surface area contributed by atoms with Gasteiger partial charge in [-0.15, -0.1) is 0 Å². The Balaban J connectivity index is 2.50. The van der Waals surface area contributed by atoms with E-state index in [1.54, 1.807) is 0 Å². The minimum Gasteiger partial charge on any atom is -0.399 e. The molecule has 78 valence electrons. The van der Waals surface area contributed by atoms with Crippen LogP contribution in [-0.2, 0) is 11.3 Å². The molecule has 2 N–H and O–H groups in total. The summed E-state index contributed by atoms with van der Waals surface area (Å²) >= 11 is 0. The highest BCUT2D eigenvalue weighted by Gasteiger charge is 2.03. The minimum absolute atomic E-state index is 0.0632. The first kappa shape index (κ1) is 10.8. The van der Waals surface area contributed by atoms with E-state index in [0.29, 0.717) is 5.56 Å². The second-order valence-electron chi connectivity index (χ2n) is 2.80. The average molecular weight is 205 g/mol. The molecular weight excluding hydrogens is 195 g/mol. The van der Waals surface area contributed by atoms with Crippen molar-refractivity contribution in [2.45, 2.75) is 13.0 Å². The Morgan fingerprint density at radius 3 is 2.57 bits per heavy atom. The third-order valence-electron chi connectivity index (χ3n) is 1.49. The topological polar surface area (TPSA) is 35.2 Å². The lowest BCUT2D eigenvalue weighted by Gasteiger charge is -2.04. The maximum Gasteiger partial charge on any atom is 0.261 e. The Kier molecular flexibility index (Phi) is 3.76. The van der Waals surface area contributed by atoms with E-state index in [1.807, 2.05) is 0 Å². The molecule has 0 spiro atoms. The van der Waals surface area contributed by atoms with Crippen molar-refractivity contribution in [3.8, 4) is 0 Å². The second kappa shape index (κ2) is 4.85. The summed E-state index contributed by atoms with van der Waals surface area (Å²) in [6, 6.07) is 3.83. The Bertz CT molecular complexity index is 284. The average Bonchev–Trinajstić information content (AvgIpc) is 2.01. The van der Waals surface area contributed by atoms with E-state index >= 15 is 0 Å². The third kappa shape index (κ3) is 3.66. The van der Waals surface area contributed by atoms with Crippen molar-refractivity contribution in [1.82, 2.24) is 0 Å². The summed E-state index contributed by atoms with van der Waals surface area (Å²) in [4.78, 5) is 0. The van der Waals surface area contributed by atoms with Crippen molar-refractivity contribution in [1.29, 1.82) is 0 Å². The Labute approximate surface area is 79.5 Å². The zero-order chi connectivity index (χ0) is 10.6. The Hall–Kier alpha value is -1.23. The third-order valence-corrected chi connectivity index (χ3v) is 1.49. The summed E-state index contributed by atoms with van der Waals surface area (Å²) in [6.45, 7) is -0.720. The molecule has 0 unspecified atom stereocenters. The van der Waals surface area contributed by atoms with Crippen molar-refractivity contribution in [3.63, 3.8) is 0 Å².